The molecule has 0 aliphatic heterocycles. The zero-order chi connectivity index (χ0) is 19.4. The number of nitrogens with zero attached hydrogens (tertiary/aromatic N) is 3. The summed E-state index contributed by atoms with van der Waals surface area (Å²) < 4.78 is 40.8. The number of anilines is 2. The molecule has 0 aliphatic rings. The Morgan fingerprint density at radius 1 is 1.08 bits per heavy atom. The lowest BCUT2D eigenvalue weighted by molar-refractivity contribution is 0.546. The number of nitrogens with one attached hydrogen (secondary N) is 2. The van der Waals surface area contributed by atoms with Gasteiger partial charge >= 0.3 is 0 Å². The third kappa shape index (κ3) is 4.93. The van der Waals surface area contributed by atoms with E-state index in [0.717, 1.165) is 0 Å². The van der Waals surface area contributed by atoms with Gasteiger partial charge in [0.15, 0.2) is 11.6 Å². The molecule has 0 fully saturated rings. The van der Waals surface area contributed by atoms with Gasteiger partial charge < -0.3 is 10.6 Å². The third-order valence-corrected chi connectivity index (χ3v) is 3.42. The molecule has 0 spiro atoms. The smallest absolute Gasteiger partial charge is 0.223 e. The van der Waals surface area contributed by atoms with Crippen LogP contribution in [0.15, 0.2) is 23.3 Å². The van der Waals surface area contributed by atoms with Crippen molar-refractivity contribution in [2.45, 2.75) is 40.7 Å². The molecule has 1 aromatic heterocycles. The maximum atomic E-state index is 13.9. The van der Waals surface area contributed by atoms with Gasteiger partial charge in [0.2, 0.25) is 5.95 Å². The summed E-state index contributed by atoms with van der Waals surface area (Å²) in [6.07, 6.45) is 1.57. The van der Waals surface area contributed by atoms with E-state index in [4.69, 9.17) is 0 Å². The Bertz CT molecular complexity index is 795. The fourth-order valence-electron chi connectivity index (χ4n) is 2.12. The minimum Gasteiger partial charge on any atom is -0.352 e. The molecule has 2 aromatic rings. The number of benzene rings is 1. The number of aryl methyl sites for hydroxylation is 1. The van der Waals surface area contributed by atoms with Crippen LogP contribution in [0.2, 0.25) is 0 Å². The van der Waals surface area contributed by atoms with Crippen LogP contribution in [0, 0.1) is 30.3 Å². The number of hydrogen-bond acceptors (Lipinski definition) is 4. The summed E-state index contributed by atoms with van der Waals surface area (Å²) in [5.41, 5.74) is 0.672. The highest BCUT2D eigenvalue weighted by Gasteiger charge is 2.15. The Morgan fingerprint density at radius 3 is 2.19 bits per heavy atom. The Morgan fingerprint density at radius 2 is 1.69 bits per heavy atom. The van der Waals surface area contributed by atoms with Gasteiger partial charge in [-0.3, -0.25) is 0 Å². The van der Waals surface area contributed by atoms with Gasteiger partial charge in [-0.05, 0) is 20.8 Å². The largest absolute Gasteiger partial charge is 0.352 e. The van der Waals surface area contributed by atoms with Crippen LogP contribution in [0.4, 0.5) is 30.5 Å². The highest BCUT2D eigenvalue weighted by molar-refractivity contribution is 5.98. The van der Waals surface area contributed by atoms with E-state index in [1.54, 1.807) is 13.1 Å². The number of aromatic nitrogens is 2. The van der Waals surface area contributed by atoms with Crippen molar-refractivity contribution in [1.29, 1.82) is 0 Å². The van der Waals surface area contributed by atoms with E-state index in [1.807, 2.05) is 27.7 Å². The molecule has 0 bridgehead atoms. The van der Waals surface area contributed by atoms with Gasteiger partial charge in [0, 0.05) is 24.1 Å². The second-order valence-electron chi connectivity index (χ2n) is 6.49. The van der Waals surface area contributed by atoms with E-state index in [2.05, 4.69) is 25.6 Å². The van der Waals surface area contributed by atoms with Crippen molar-refractivity contribution in [3.05, 3.63) is 41.5 Å². The number of rotatable bonds is 5. The topological polar surface area (TPSA) is 62.2 Å². The van der Waals surface area contributed by atoms with Gasteiger partial charge in [0.25, 0.3) is 0 Å². The van der Waals surface area contributed by atoms with Crippen LogP contribution in [-0.4, -0.2) is 21.8 Å². The molecule has 0 amide bonds. The summed E-state index contributed by atoms with van der Waals surface area (Å²) in [4.78, 5) is 12.6. The first-order valence-corrected chi connectivity index (χ1v) is 8.27. The Balaban J connectivity index is 2.35. The van der Waals surface area contributed by atoms with Crippen LogP contribution in [0.1, 0.15) is 33.4 Å². The third-order valence-electron chi connectivity index (χ3n) is 3.42. The molecule has 2 N–H and O–H groups in total. The van der Waals surface area contributed by atoms with Crippen molar-refractivity contribution in [1.82, 2.24) is 9.97 Å². The first kappa shape index (κ1) is 19.7. The molecule has 0 aliphatic carbocycles. The lowest BCUT2D eigenvalue weighted by atomic mass is 10.2. The van der Waals surface area contributed by atoms with E-state index in [0.29, 0.717) is 35.3 Å². The van der Waals surface area contributed by atoms with Crippen molar-refractivity contribution < 1.29 is 13.2 Å². The molecule has 0 atom stereocenters. The maximum Gasteiger partial charge on any atom is 0.223 e. The maximum absolute atomic E-state index is 13.9. The summed E-state index contributed by atoms with van der Waals surface area (Å²) in [5, 5.41) is 6.11. The van der Waals surface area contributed by atoms with Gasteiger partial charge in [0.1, 0.15) is 17.3 Å². The van der Waals surface area contributed by atoms with E-state index < -0.39 is 23.1 Å². The zero-order valence-electron chi connectivity index (χ0n) is 15.4. The summed E-state index contributed by atoms with van der Waals surface area (Å²) in [6, 6.07) is 1.38. The van der Waals surface area contributed by atoms with Crippen LogP contribution in [0.25, 0.3) is 0 Å². The van der Waals surface area contributed by atoms with Gasteiger partial charge in [-0.25, -0.2) is 28.1 Å². The Hall–Kier alpha value is -2.64. The molecular weight excluding hydrogens is 343 g/mol. The molecule has 2 rings (SSSR count). The highest BCUT2D eigenvalue weighted by atomic mass is 19.1. The molecule has 1 heterocycles. The summed E-state index contributed by atoms with van der Waals surface area (Å²) in [5.74, 6) is -2.49. The standard InChI is InChI=1S/C18H22F3N5/c1-9(2)17(26-16-13(20)6-12(19)7-14(16)21)25-15-8-22-18(23-10(3)4)24-11(15)5/h6-10H,1-5H3,(H,25,26)(H,22,23,24). The van der Waals surface area contributed by atoms with Gasteiger partial charge in [0.05, 0.1) is 17.6 Å². The SMILES string of the molecule is Cc1nc(NC(C)C)ncc1NC(=Nc1c(F)cc(F)cc1F)C(C)C. The monoisotopic (exact) mass is 365 g/mol. The molecule has 8 heteroatoms. The predicted octanol–water partition coefficient (Wildman–Crippen LogP) is 4.82. The van der Waals surface area contributed by atoms with Crippen LogP contribution >= 0.6 is 0 Å². The normalized spacial score (nSPS) is 12.0. The molecule has 5 nitrogen and oxygen atoms in total. The van der Waals surface area contributed by atoms with Crippen molar-refractivity contribution >= 4 is 23.2 Å². The van der Waals surface area contributed by atoms with Gasteiger partial charge in [-0.15, -0.1) is 0 Å². The van der Waals surface area contributed by atoms with Crippen molar-refractivity contribution in [2.75, 3.05) is 10.6 Å². The highest BCUT2D eigenvalue weighted by Crippen LogP contribution is 2.25. The van der Waals surface area contributed by atoms with Crippen LogP contribution in [-0.2, 0) is 0 Å². The molecule has 0 radical (unpaired) electrons. The van der Waals surface area contributed by atoms with Gasteiger partial charge in [-0.1, -0.05) is 13.8 Å². The quantitative estimate of drug-likeness (QED) is 0.589. The molecule has 26 heavy (non-hydrogen) atoms. The number of halogens is 3. The van der Waals surface area contributed by atoms with Crippen molar-refractivity contribution in [3.63, 3.8) is 0 Å². The van der Waals surface area contributed by atoms with Crippen LogP contribution in [0.3, 0.4) is 0 Å². The average molecular weight is 365 g/mol. The number of hydrogen-bond donors (Lipinski definition) is 2. The second-order valence-corrected chi connectivity index (χ2v) is 6.49. The summed E-state index contributed by atoms with van der Waals surface area (Å²) >= 11 is 0. The molecule has 140 valence electrons. The Kier molecular flexibility index (Phi) is 6.18. The first-order valence-electron chi connectivity index (χ1n) is 8.27. The average Bonchev–Trinajstić information content (AvgIpc) is 2.50. The molecule has 0 saturated carbocycles. The van der Waals surface area contributed by atoms with E-state index in [1.165, 1.54) is 0 Å². The second kappa shape index (κ2) is 8.16. The predicted molar refractivity (Wildman–Crippen MR) is 97.4 cm³/mol. The van der Waals surface area contributed by atoms with E-state index >= 15 is 0 Å². The minimum absolute atomic E-state index is 0.174. The van der Waals surface area contributed by atoms with Crippen molar-refractivity contribution in [3.8, 4) is 0 Å². The first-order chi connectivity index (χ1) is 12.2. The molecule has 0 unspecified atom stereocenters. The fourth-order valence-corrected chi connectivity index (χ4v) is 2.12. The van der Waals surface area contributed by atoms with Gasteiger partial charge in [-0.2, -0.15) is 0 Å². The number of aliphatic imine (C=N–C) groups is 1. The molecule has 1 aromatic carbocycles. The minimum atomic E-state index is -1.06. The molecule has 0 saturated heterocycles. The van der Waals surface area contributed by atoms with E-state index in [9.17, 15) is 13.2 Å². The van der Waals surface area contributed by atoms with Crippen molar-refractivity contribution in [2.24, 2.45) is 10.9 Å². The molecular formula is C18H22F3N5. The fraction of sp³-hybridized carbons (Fsp3) is 0.389. The Labute approximate surface area is 150 Å². The number of amidine groups is 1. The van der Waals surface area contributed by atoms with Crippen LogP contribution in [0.5, 0.6) is 0 Å². The van der Waals surface area contributed by atoms with E-state index in [-0.39, 0.29) is 12.0 Å². The zero-order valence-corrected chi connectivity index (χ0v) is 15.4. The summed E-state index contributed by atoms with van der Waals surface area (Å²) in [6.45, 7) is 9.36. The lowest BCUT2D eigenvalue weighted by Gasteiger charge is -2.16. The summed E-state index contributed by atoms with van der Waals surface area (Å²) in [7, 11) is 0. The van der Waals surface area contributed by atoms with Crippen LogP contribution < -0.4 is 10.6 Å². The lowest BCUT2D eigenvalue weighted by Crippen LogP contribution is -2.20.